The molecule has 0 aliphatic heterocycles. The first-order chi connectivity index (χ1) is 10.2. The second kappa shape index (κ2) is 7.11. The Labute approximate surface area is 125 Å². The summed E-state index contributed by atoms with van der Waals surface area (Å²) in [6.07, 6.45) is 0. The summed E-state index contributed by atoms with van der Waals surface area (Å²) < 4.78 is 10.9. The molecule has 1 unspecified atom stereocenters. The molecular formula is C17H22N2O2. The monoisotopic (exact) mass is 286 g/mol. The highest BCUT2D eigenvalue weighted by atomic mass is 16.5. The third-order valence-corrected chi connectivity index (χ3v) is 3.39. The fraction of sp³-hybridized carbons (Fsp3) is 0.294. The van der Waals surface area contributed by atoms with Gasteiger partial charge in [-0.2, -0.15) is 0 Å². The van der Waals surface area contributed by atoms with Crippen molar-refractivity contribution >= 4 is 0 Å². The van der Waals surface area contributed by atoms with E-state index in [0.29, 0.717) is 6.61 Å². The van der Waals surface area contributed by atoms with Crippen molar-refractivity contribution in [2.75, 3.05) is 13.7 Å². The van der Waals surface area contributed by atoms with Crippen LogP contribution in [0.2, 0.25) is 0 Å². The molecule has 2 aromatic rings. The zero-order valence-corrected chi connectivity index (χ0v) is 12.7. The average molecular weight is 286 g/mol. The van der Waals surface area contributed by atoms with Crippen LogP contribution in [-0.4, -0.2) is 13.7 Å². The smallest absolute Gasteiger partial charge is 0.124 e. The topological polar surface area (TPSA) is 56.5 Å². The maximum Gasteiger partial charge on any atom is 0.124 e. The summed E-state index contributed by atoms with van der Waals surface area (Å²) in [5.74, 6) is 7.44. The predicted octanol–water partition coefficient (Wildman–Crippen LogP) is 2.96. The van der Waals surface area contributed by atoms with Crippen molar-refractivity contribution in [1.82, 2.24) is 5.43 Å². The van der Waals surface area contributed by atoms with Gasteiger partial charge in [0.15, 0.2) is 0 Å². The van der Waals surface area contributed by atoms with Crippen molar-refractivity contribution in [3.8, 4) is 11.5 Å². The number of aryl methyl sites for hydroxylation is 1. The van der Waals surface area contributed by atoms with Crippen LogP contribution in [0.5, 0.6) is 11.5 Å². The molecule has 1 atom stereocenters. The summed E-state index contributed by atoms with van der Waals surface area (Å²) in [7, 11) is 1.67. The van der Waals surface area contributed by atoms with Crippen molar-refractivity contribution in [3.63, 3.8) is 0 Å². The largest absolute Gasteiger partial charge is 0.496 e. The third kappa shape index (κ3) is 3.54. The normalized spacial score (nSPS) is 12.0. The highest BCUT2D eigenvalue weighted by molar-refractivity contribution is 5.44. The fourth-order valence-electron chi connectivity index (χ4n) is 2.37. The van der Waals surface area contributed by atoms with Crippen molar-refractivity contribution in [2.24, 2.45) is 5.84 Å². The van der Waals surface area contributed by atoms with Crippen molar-refractivity contribution < 1.29 is 9.47 Å². The van der Waals surface area contributed by atoms with E-state index < -0.39 is 0 Å². The van der Waals surface area contributed by atoms with Gasteiger partial charge < -0.3 is 9.47 Å². The number of hydrogen-bond acceptors (Lipinski definition) is 4. The second-order valence-corrected chi connectivity index (χ2v) is 4.85. The standard InChI is InChI=1S/C17H22N2O2/c1-4-21-14-8-6-13(7-9-14)17(19-18)15-11-12(2)5-10-16(15)20-3/h5-11,17,19H,4,18H2,1-3H3. The Bertz CT molecular complexity index is 582. The van der Waals surface area contributed by atoms with Crippen molar-refractivity contribution in [2.45, 2.75) is 19.9 Å². The molecular weight excluding hydrogens is 264 g/mol. The first-order valence-corrected chi connectivity index (χ1v) is 7.03. The fourth-order valence-corrected chi connectivity index (χ4v) is 2.37. The lowest BCUT2D eigenvalue weighted by molar-refractivity contribution is 0.340. The lowest BCUT2D eigenvalue weighted by atomic mass is 9.97. The molecule has 0 aromatic heterocycles. The van der Waals surface area contributed by atoms with E-state index in [1.54, 1.807) is 7.11 Å². The number of nitrogens with two attached hydrogens (primary N) is 1. The maximum atomic E-state index is 5.77. The first-order valence-electron chi connectivity index (χ1n) is 7.03. The molecule has 112 valence electrons. The van der Waals surface area contributed by atoms with Crippen molar-refractivity contribution in [3.05, 3.63) is 59.2 Å². The number of benzene rings is 2. The molecule has 0 saturated carbocycles. The van der Waals surface area contributed by atoms with Gasteiger partial charge in [-0.15, -0.1) is 0 Å². The average Bonchev–Trinajstić information content (AvgIpc) is 2.50. The third-order valence-electron chi connectivity index (χ3n) is 3.39. The molecule has 0 fully saturated rings. The SMILES string of the molecule is CCOc1ccc(C(NN)c2cc(C)ccc2OC)cc1. The molecule has 0 bridgehead atoms. The molecule has 0 heterocycles. The van der Waals surface area contributed by atoms with Crippen LogP contribution in [0.15, 0.2) is 42.5 Å². The summed E-state index contributed by atoms with van der Waals surface area (Å²) in [6.45, 7) is 4.67. The van der Waals surface area contributed by atoms with Gasteiger partial charge in [0.05, 0.1) is 19.8 Å². The summed E-state index contributed by atoms with van der Waals surface area (Å²) in [4.78, 5) is 0. The van der Waals surface area contributed by atoms with Crippen LogP contribution >= 0.6 is 0 Å². The molecule has 2 aromatic carbocycles. The van der Waals surface area contributed by atoms with Crippen LogP contribution in [0.3, 0.4) is 0 Å². The molecule has 0 saturated heterocycles. The number of methoxy groups -OCH3 is 1. The Balaban J connectivity index is 2.37. The van der Waals surface area contributed by atoms with E-state index in [0.717, 1.165) is 28.2 Å². The number of hydrazine groups is 1. The van der Waals surface area contributed by atoms with Gasteiger partial charge >= 0.3 is 0 Å². The van der Waals surface area contributed by atoms with E-state index >= 15 is 0 Å². The molecule has 0 amide bonds. The van der Waals surface area contributed by atoms with Gasteiger partial charge in [-0.05, 0) is 37.6 Å². The first kappa shape index (κ1) is 15.4. The Morgan fingerprint density at radius 2 is 1.86 bits per heavy atom. The highest BCUT2D eigenvalue weighted by Gasteiger charge is 2.17. The van der Waals surface area contributed by atoms with Crippen LogP contribution in [0, 0.1) is 6.92 Å². The Hall–Kier alpha value is -2.04. The van der Waals surface area contributed by atoms with Gasteiger partial charge in [-0.3, -0.25) is 5.84 Å². The summed E-state index contributed by atoms with van der Waals surface area (Å²) in [5, 5.41) is 0. The van der Waals surface area contributed by atoms with Gasteiger partial charge in [0.25, 0.3) is 0 Å². The minimum atomic E-state index is -0.129. The predicted molar refractivity (Wildman–Crippen MR) is 84.5 cm³/mol. The Morgan fingerprint density at radius 1 is 1.14 bits per heavy atom. The minimum absolute atomic E-state index is 0.129. The number of rotatable bonds is 6. The van der Waals surface area contributed by atoms with E-state index in [1.807, 2.05) is 43.3 Å². The molecule has 3 N–H and O–H groups in total. The van der Waals surface area contributed by atoms with E-state index in [1.165, 1.54) is 0 Å². The van der Waals surface area contributed by atoms with Gasteiger partial charge in [0.1, 0.15) is 11.5 Å². The summed E-state index contributed by atoms with van der Waals surface area (Å²) in [5.41, 5.74) is 6.11. The van der Waals surface area contributed by atoms with Crippen LogP contribution in [0.4, 0.5) is 0 Å². The molecule has 0 radical (unpaired) electrons. The van der Waals surface area contributed by atoms with Crippen LogP contribution in [0.25, 0.3) is 0 Å². The van der Waals surface area contributed by atoms with Gasteiger partial charge in [0, 0.05) is 5.56 Å². The summed E-state index contributed by atoms with van der Waals surface area (Å²) in [6, 6.07) is 13.9. The van der Waals surface area contributed by atoms with Gasteiger partial charge in [-0.25, -0.2) is 5.43 Å². The summed E-state index contributed by atoms with van der Waals surface area (Å²) >= 11 is 0. The van der Waals surface area contributed by atoms with Crippen molar-refractivity contribution in [1.29, 1.82) is 0 Å². The van der Waals surface area contributed by atoms with Crippen LogP contribution in [0.1, 0.15) is 29.7 Å². The lowest BCUT2D eigenvalue weighted by Gasteiger charge is -2.20. The molecule has 0 aliphatic carbocycles. The maximum absolute atomic E-state index is 5.77. The van der Waals surface area contributed by atoms with Gasteiger partial charge in [0.2, 0.25) is 0 Å². The zero-order chi connectivity index (χ0) is 15.2. The van der Waals surface area contributed by atoms with Gasteiger partial charge in [-0.1, -0.05) is 29.8 Å². The number of ether oxygens (including phenoxy) is 2. The second-order valence-electron chi connectivity index (χ2n) is 4.85. The molecule has 4 nitrogen and oxygen atoms in total. The van der Waals surface area contributed by atoms with E-state index in [-0.39, 0.29) is 6.04 Å². The quantitative estimate of drug-likeness (QED) is 0.633. The number of hydrogen-bond donors (Lipinski definition) is 2. The van der Waals surface area contributed by atoms with E-state index in [9.17, 15) is 0 Å². The minimum Gasteiger partial charge on any atom is -0.496 e. The van der Waals surface area contributed by atoms with E-state index in [4.69, 9.17) is 15.3 Å². The Kier molecular flexibility index (Phi) is 5.20. The highest BCUT2D eigenvalue weighted by Crippen LogP contribution is 2.31. The molecule has 21 heavy (non-hydrogen) atoms. The molecule has 2 rings (SSSR count). The Morgan fingerprint density at radius 3 is 2.43 bits per heavy atom. The zero-order valence-electron chi connectivity index (χ0n) is 12.7. The molecule has 4 heteroatoms. The lowest BCUT2D eigenvalue weighted by Crippen LogP contribution is -2.29. The molecule has 0 aliphatic rings. The molecule has 0 spiro atoms. The van der Waals surface area contributed by atoms with Crippen LogP contribution < -0.4 is 20.7 Å². The number of nitrogens with one attached hydrogen (secondary N) is 1. The van der Waals surface area contributed by atoms with E-state index in [2.05, 4.69) is 18.4 Å². The van der Waals surface area contributed by atoms with Crippen LogP contribution in [-0.2, 0) is 0 Å².